The van der Waals surface area contributed by atoms with E-state index in [1.54, 1.807) is 6.07 Å². The normalized spacial score (nSPS) is 13.1. The summed E-state index contributed by atoms with van der Waals surface area (Å²) in [6.45, 7) is 0. The number of fused-ring (bicyclic) bond motifs is 3. The summed E-state index contributed by atoms with van der Waals surface area (Å²) in [5, 5.41) is 0. The van der Waals surface area contributed by atoms with Crippen molar-refractivity contribution in [2.75, 3.05) is 0 Å². The predicted octanol–water partition coefficient (Wildman–Crippen LogP) is 6.30. The molecule has 30 heavy (non-hydrogen) atoms. The summed E-state index contributed by atoms with van der Waals surface area (Å²) in [7, 11) is 0. The molecule has 0 aliphatic carbocycles. The molecule has 0 saturated carbocycles. The first kappa shape index (κ1) is 19.1. The number of alkyl halides is 3. The van der Waals surface area contributed by atoms with Crippen LogP contribution in [-0.2, 0) is 19.0 Å². The van der Waals surface area contributed by atoms with Crippen molar-refractivity contribution in [2.24, 2.45) is 0 Å². The summed E-state index contributed by atoms with van der Waals surface area (Å²) in [6.07, 6.45) is -0.777. The fourth-order valence-corrected chi connectivity index (χ4v) is 4.34. The predicted molar refractivity (Wildman–Crippen MR) is 113 cm³/mol. The lowest BCUT2D eigenvalue weighted by Gasteiger charge is -2.14. The van der Waals surface area contributed by atoms with E-state index in [1.807, 2.05) is 47.2 Å². The van der Waals surface area contributed by atoms with Gasteiger partial charge >= 0.3 is 6.18 Å². The van der Waals surface area contributed by atoms with Gasteiger partial charge in [-0.05, 0) is 60.5 Å². The van der Waals surface area contributed by atoms with Gasteiger partial charge in [-0.1, -0.05) is 40.2 Å². The van der Waals surface area contributed by atoms with Crippen molar-refractivity contribution in [1.82, 2.24) is 4.57 Å². The fourth-order valence-electron chi connectivity index (χ4n) is 4.08. The van der Waals surface area contributed by atoms with Crippen molar-refractivity contribution < 1.29 is 17.7 Å². The van der Waals surface area contributed by atoms with Gasteiger partial charge in [0.2, 0.25) is 0 Å². The minimum absolute atomic E-state index is 0.510. The number of nitrogens with zero attached hydrogens (tertiary/aromatic N) is 2. The smallest absolute Gasteiger partial charge is 0.198 e. The molecule has 0 bridgehead atoms. The Labute approximate surface area is 180 Å². The summed E-state index contributed by atoms with van der Waals surface area (Å²) in [5.41, 5.74) is 3.96. The molecule has 2 nitrogen and oxygen atoms in total. The van der Waals surface area contributed by atoms with E-state index in [0.717, 1.165) is 46.1 Å². The van der Waals surface area contributed by atoms with Gasteiger partial charge in [0.05, 0.1) is 12.0 Å². The Morgan fingerprint density at radius 1 is 0.867 bits per heavy atom. The van der Waals surface area contributed by atoms with Gasteiger partial charge in [-0.15, -0.1) is 0 Å². The van der Waals surface area contributed by atoms with Crippen molar-refractivity contribution in [3.63, 3.8) is 0 Å². The highest BCUT2D eigenvalue weighted by Gasteiger charge is 2.34. The van der Waals surface area contributed by atoms with Crippen LogP contribution >= 0.6 is 15.9 Å². The van der Waals surface area contributed by atoms with E-state index in [9.17, 15) is 13.2 Å². The van der Waals surface area contributed by atoms with Crippen molar-refractivity contribution in [3.05, 3.63) is 100 Å². The van der Waals surface area contributed by atoms with Gasteiger partial charge in [-0.3, -0.25) is 0 Å². The molecule has 150 valence electrons. The number of halogens is 4. The van der Waals surface area contributed by atoms with E-state index in [-0.39, 0.29) is 0 Å². The molecule has 0 atom stereocenters. The third kappa shape index (κ3) is 3.25. The second-order valence-electron chi connectivity index (χ2n) is 7.32. The Morgan fingerprint density at radius 2 is 1.63 bits per heavy atom. The molecule has 0 saturated heterocycles. The standard InChI is InChI=1S/C24H17BrF3N2/c25-19-11-8-17(9-12-19)22-15-29-21-7-2-1-4-16(21)10-13-23(29)30(22)20-6-3-5-18(14-20)24(26,27)28/h1-9,11-12,14-15H,10,13H2/q+1. The zero-order valence-corrected chi connectivity index (χ0v) is 17.4. The Hall–Kier alpha value is -2.86. The zero-order valence-electron chi connectivity index (χ0n) is 15.8. The quantitative estimate of drug-likeness (QED) is 0.304. The summed E-state index contributed by atoms with van der Waals surface area (Å²) >= 11 is 3.45. The van der Waals surface area contributed by atoms with Gasteiger partial charge in [-0.2, -0.15) is 22.3 Å². The number of hydrogen-bond acceptors (Lipinski definition) is 0. The van der Waals surface area contributed by atoms with Crippen LogP contribution in [-0.4, -0.2) is 4.57 Å². The number of aromatic nitrogens is 2. The summed E-state index contributed by atoms with van der Waals surface area (Å²) in [4.78, 5) is 0. The van der Waals surface area contributed by atoms with Gasteiger partial charge in [0.25, 0.3) is 5.82 Å². The third-order valence-corrected chi connectivity index (χ3v) is 6.00. The molecule has 1 aliphatic rings. The van der Waals surface area contributed by atoms with E-state index >= 15 is 0 Å². The highest BCUT2D eigenvalue weighted by Crippen LogP contribution is 2.33. The maximum absolute atomic E-state index is 13.4. The van der Waals surface area contributed by atoms with Gasteiger partial charge in [-0.25, -0.2) is 0 Å². The van der Waals surface area contributed by atoms with E-state index in [2.05, 4.69) is 32.6 Å². The van der Waals surface area contributed by atoms with Crippen molar-refractivity contribution in [1.29, 1.82) is 0 Å². The molecule has 0 spiro atoms. The van der Waals surface area contributed by atoms with Crippen LogP contribution in [0.25, 0.3) is 22.6 Å². The lowest BCUT2D eigenvalue weighted by Crippen LogP contribution is -2.39. The maximum atomic E-state index is 13.4. The molecule has 2 heterocycles. The van der Waals surface area contributed by atoms with E-state index in [1.165, 1.54) is 17.7 Å². The van der Waals surface area contributed by atoms with Gasteiger partial charge < -0.3 is 0 Å². The molecular formula is C24H17BrF3N2+. The Morgan fingerprint density at radius 3 is 2.40 bits per heavy atom. The van der Waals surface area contributed by atoms with Crippen LogP contribution in [0.1, 0.15) is 17.0 Å². The first-order chi connectivity index (χ1) is 14.4. The number of para-hydroxylation sites is 1. The van der Waals surface area contributed by atoms with Crippen LogP contribution in [0.2, 0.25) is 0 Å². The second kappa shape index (κ2) is 7.13. The molecule has 0 fully saturated rings. The van der Waals surface area contributed by atoms with E-state index in [0.29, 0.717) is 5.69 Å². The first-order valence-corrected chi connectivity index (χ1v) is 10.4. The second-order valence-corrected chi connectivity index (χ2v) is 8.24. The molecule has 4 aromatic rings. The van der Waals surface area contributed by atoms with Crippen LogP contribution in [0.5, 0.6) is 0 Å². The molecule has 3 aromatic carbocycles. The van der Waals surface area contributed by atoms with Crippen molar-refractivity contribution in [3.8, 4) is 22.6 Å². The third-order valence-electron chi connectivity index (χ3n) is 5.47. The molecule has 1 aromatic heterocycles. The number of rotatable bonds is 2. The summed E-state index contributed by atoms with van der Waals surface area (Å²) in [6, 6.07) is 21.5. The average molecular weight is 470 g/mol. The molecular weight excluding hydrogens is 453 g/mol. The molecule has 0 N–H and O–H groups in total. The summed E-state index contributed by atoms with van der Waals surface area (Å²) in [5.74, 6) is 0.964. The number of hydrogen-bond donors (Lipinski definition) is 0. The monoisotopic (exact) mass is 469 g/mol. The number of benzene rings is 3. The van der Waals surface area contributed by atoms with E-state index in [4.69, 9.17) is 0 Å². The molecule has 0 amide bonds. The molecule has 1 aliphatic heterocycles. The lowest BCUT2D eigenvalue weighted by molar-refractivity contribution is -0.606. The van der Waals surface area contributed by atoms with Gasteiger partial charge in [0.1, 0.15) is 17.6 Å². The van der Waals surface area contributed by atoms with Crippen LogP contribution in [0.4, 0.5) is 13.2 Å². The van der Waals surface area contributed by atoms with Crippen LogP contribution < -0.4 is 4.57 Å². The van der Waals surface area contributed by atoms with Gasteiger partial charge in [0, 0.05) is 10.0 Å². The summed E-state index contributed by atoms with van der Waals surface area (Å²) < 4.78 is 45.2. The lowest BCUT2D eigenvalue weighted by atomic mass is 10.0. The number of aryl methyl sites for hydroxylation is 1. The number of imidazole rings is 1. The minimum atomic E-state index is -4.39. The molecule has 0 radical (unpaired) electrons. The van der Waals surface area contributed by atoms with Crippen LogP contribution in [0, 0.1) is 0 Å². The Balaban J connectivity index is 1.78. The van der Waals surface area contributed by atoms with E-state index < -0.39 is 11.7 Å². The first-order valence-electron chi connectivity index (χ1n) is 9.60. The van der Waals surface area contributed by atoms with Crippen LogP contribution in [0.15, 0.2) is 83.5 Å². The highest BCUT2D eigenvalue weighted by atomic mass is 79.9. The highest BCUT2D eigenvalue weighted by molar-refractivity contribution is 9.10. The topological polar surface area (TPSA) is 8.81 Å². The average Bonchev–Trinajstić information content (AvgIpc) is 3.14. The Kier molecular flexibility index (Phi) is 4.54. The SMILES string of the molecule is FC(F)(F)c1cccc(-n2c(-c3ccc(Br)cc3)c[n+]3c2CCc2ccccc2-3)c1. The maximum Gasteiger partial charge on any atom is 0.416 e. The zero-order chi connectivity index (χ0) is 20.9. The van der Waals surface area contributed by atoms with Crippen molar-refractivity contribution >= 4 is 15.9 Å². The molecule has 5 rings (SSSR count). The molecule has 6 heteroatoms. The van der Waals surface area contributed by atoms with Gasteiger partial charge in [0.15, 0.2) is 5.69 Å². The fraction of sp³-hybridized carbons (Fsp3) is 0.125. The largest absolute Gasteiger partial charge is 0.416 e. The minimum Gasteiger partial charge on any atom is -0.198 e. The Bertz CT molecular complexity index is 1240. The van der Waals surface area contributed by atoms with Crippen molar-refractivity contribution in [2.45, 2.75) is 19.0 Å². The van der Waals surface area contributed by atoms with Crippen LogP contribution in [0.3, 0.4) is 0 Å². The molecule has 0 unspecified atom stereocenters.